The molecule has 0 fully saturated rings. The topological polar surface area (TPSA) is 89.5 Å². The van der Waals surface area contributed by atoms with Crippen LogP contribution in [0.15, 0.2) is 71.6 Å². The number of ketones is 1. The summed E-state index contributed by atoms with van der Waals surface area (Å²) in [5.74, 6) is -0.618. The van der Waals surface area contributed by atoms with Crippen LogP contribution in [0.5, 0.6) is 0 Å². The minimum absolute atomic E-state index is 0.0154. The highest BCUT2D eigenvalue weighted by Crippen LogP contribution is 2.36. The van der Waals surface area contributed by atoms with Crippen LogP contribution in [0.3, 0.4) is 0 Å². The molecule has 3 aromatic carbocycles. The number of Topliss-reactive ketones (excluding diaryl/α,β-unsaturated/α-hetero) is 1. The maximum atomic E-state index is 12.8. The van der Waals surface area contributed by atoms with Gasteiger partial charge in [0, 0.05) is 10.6 Å². The first-order valence-electron chi connectivity index (χ1n) is 11.0. The Morgan fingerprint density at radius 2 is 1.74 bits per heavy atom. The van der Waals surface area contributed by atoms with Crippen molar-refractivity contribution in [2.75, 3.05) is 18.6 Å². The fourth-order valence-corrected chi connectivity index (χ4v) is 5.76. The van der Waals surface area contributed by atoms with Crippen LogP contribution < -0.4 is 4.72 Å². The number of sulfonamides is 1. The summed E-state index contributed by atoms with van der Waals surface area (Å²) in [7, 11) is -3.98. The number of thioether (sulfide) groups is 1. The Morgan fingerprint density at radius 1 is 1.03 bits per heavy atom. The number of carbonyl (C=O) groups is 2. The molecule has 4 rings (SSSR count). The summed E-state index contributed by atoms with van der Waals surface area (Å²) in [6.07, 6.45) is 2.89. The third kappa shape index (κ3) is 5.95. The van der Waals surface area contributed by atoms with E-state index in [0.29, 0.717) is 16.3 Å². The number of esters is 1. The van der Waals surface area contributed by atoms with Gasteiger partial charge >= 0.3 is 5.97 Å². The monoisotopic (exact) mass is 529 g/mol. The molecule has 0 bridgehead atoms. The number of hydrogen-bond donors (Lipinski definition) is 1. The third-order valence-electron chi connectivity index (χ3n) is 5.78. The minimum atomic E-state index is -3.98. The van der Waals surface area contributed by atoms with E-state index in [1.807, 2.05) is 36.6 Å². The van der Waals surface area contributed by atoms with Crippen LogP contribution in [0.1, 0.15) is 27.9 Å². The number of benzene rings is 3. The Balaban J connectivity index is 1.43. The fourth-order valence-electron chi connectivity index (χ4n) is 3.95. The van der Waals surface area contributed by atoms with Crippen LogP contribution in [0.2, 0.25) is 5.02 Å². The highest BCUT2D eigenvalue weighted by Gasteiger charge is 2.28. The zero-order valence-corrected chi connectivity index (χ0v) is 21.4. The first-order valence-corrected chi connectivity index (χ1v) is 14.2. The molecule has 0 amide bonds. The summed E-state index contributed by atoms with van der Waals surface area (Å²) < 4.78 is 33.2. The second-order valence-corrected chi connectivity index (χ2v) is 11.3. The summed E-state index contributed by atoms with van der Waals surface area (Å²) in [6, 6.07) is 18.0. The predicted molar refractivity (Wildman–Crippen MR) is 139 cm³/mol. The van der Waals surface area contributed by atoms with Gasteiger partial charge in [-0.3, -0.25) is 9.59 Å². The molecule has 182 valence electrons. The number of hydrogen-bond acceptors (Lipinski definition) is 6. The van der Waals surface area contributed by atoms with E-state index in [-0.39, 0.29) is 17.1 Å². The first kappa shape index (κ1) is 25.4. The SMILES string of the molecule is CSCCC(NS(=O)(=O)c1ccc(Cl)cc1)C(=O)OCC(=O)c1ccc2c(c1)-c1ccccc1C2. The molecule has 0 aliphatic heterocycles. The summed E-state index contributed by atoms with van der Waals surface area (Å²) in [4.78, 5) is 25.6. The Labute approximate surface area is 214 Å². The molecule has 0 aromatic heterocycles. The maximum Gasteiger partial charge on any atom is 0.324 e. The lowest BCUT2D eigenvalue weighted by atomic mass is 10.0. The van der Waals surface area contributed by atoms with Gasteiger partial charge in [-0.1, -0.05) is 48.0 Å². The van der Waals surface area contributed by atoms with Gasteiger partial charge in [0.1, 0.15) is 6.04 Å². The third-order valence-corrected chi connectivity index (χ3v) is 8.17. The molecule has 1 aliphatic carbocycles. The molecular formula is C26H24ClNO5S2. The molecule has 1 aliphatic rings. The molecule has 0 heterocycles. The molecule has 35 heavy (non-hydrogen) atoms. The van der Waals surface area contributed by atoms with E-state index < -0.39 is 28.6 Å². The van der Waals surface area contributed by atoms with E-state index in [1.54, 1.807) is 6.07 Å². The van der Waals surface area contributed by atoms with E-state index in [0.717, 1.165) is 23.1 Å². The highest BCUT2D eigenvalue weighted by molar-refractivity contribution is 7.98. The van der Waals surface area contributed by atoms with Gasteiger partial charge in [-0.15, -0.1) is 0 Å². The van der Waals surface area contributed by atoms with Crippen molar-refractivity contribution >= 4 is 45.1 Å². The molecule has 0 saturated carbocycles. The maximum absolute atomic E-state index is 12.8. The lowest BCUT2D eigenvalue weighted by Gasteiger charge is -2.17. The van der Waals surface area contributed by atoms with E-state index in [4.69, 9.17) is 16.3 Å². The molecule has 1 unspecified atom stereocenters. The summed E-state index contributed by atoms with van der Waals surface area (Å²) in [5.41, 5.74) is 4.90. The largest absolute Gasteiger partial charge is 0.456 e. The van der Waals surface area contributed by atoms with Crippen molar-refractivity contribution in [3.63, 3.8) is 0 Å². The van der Waals surface area contributed by atoms with Crippen molar-refractivity contribution in [1.29, 1.82) is 0 Å². The molecule has 0 radical (unpaired) electrons. The summed E-state index contributed by atoms with van der Waals surface area (Å²) in [6.45, 7) is -0.474. The molecule has 1 N–H and O–H groups in total. The minimum Gasteiger partial charge on any atom is -0.456 e. The van der Waals surface area contributed by atoms with Crippen LogP contribution in [0.25, 0.3) is 11.1 Å². The smallest absolute Gasteiger partial charge is 0.324 e. The van der Waals surface area contributed by atoms with Crippen molar-refractivity contribution in [3.05, 3.63) is 88.4 Å². The van der Waals surface area contributed by atoms with Gasteiger partial charge in [0.05, 0.1) is 4.90 Å². The second-order valence-electron chi connectivity index (χ2n) is 8.15. The highest BCUT2D eigenvalue weighted by atomic mass is 35.5. The second kappa shape index (κ2) is 11.0. The van der Waals surface area contributed by atoms with E-state index in [2.05, 4.69) is 10.8 Å². The number of carbonyl (C=O) groups excluding carboxylic acids is 2. The lowest BCUT2D eigenvalue weighted by Crippen LogP contribution is -2.42. The van der Waals surface area contributed by atoms with Crippen molar-refractivity contribution in [2.24, 2.45) is 0 Å². The van der Waals surface area contributed by atoms with Crippen molar-refractivity contribution < 1.29 is 22.7 Å². The molecular weight excluding hydrogens is 506 g/mol. The standard InChI is InChI=1S/C26H24ClNO5S2/c1-34-13-12-24(28-35(31,32)21-10-8-20(27)9-11-21)26(30)33-16-25(29)19-7-6-18-14-17-4-2-3-5-22(17)23(18)15-19/h2-11,15,24,28H,12-14,16H2,1H3. The zero-order chi connectivity index (χ0) is 25.0. The van der Waals surface area contributed by atoms with Gasteiger partial charge in [-0.25, -0.2) is 8.42 Å². The van der Waals surface area contributed by atoms with Crippen molar-refractivity contribution in [1.82, 2.24) is 4.72 Å². The predicted octanol–water partition coefficient (Wildman–Crippen LogP) is 4.74. The van der Waals surface area contributed by atoms with E-state index in [1.165, 1.54) is 41.6 Å². The fraction of sp³-hybridized carbons (Fsp3) is 0.231. The van der Waals surface area contributed by atoms with Crippen molar-refractivity contribution in [3.8, 4) is 11.1 Å². The Kier molecular flexibility index (Phi) is 7.96. The van der Waals surface area contributed by atoms with E-state index >= 15 is 0 Å². The Hall–Kier alpha value is -2.65. The van der Waals surface area contributed by atoms with Crippen LogP contribution >= 0.6 is 23.4 Å². The van der Waals surface area contributed by atoms with Gasteiger partial charge in [0.25, 0.3) is 0 Å². The van der Waals surface area contributed by atoms with Gasteiger partial charge in [0.2, 0.25) is 10.0 Å². The molecule has 6 nitrogen and oxygen atoms in total. The summed E-state index contributed by atoms with van der Waals surface area (Å²) in [5, 5.41) is 0.399. The van der Waals surface area contributed by atoms with E-state index in [9.17, 15) is 18.0 Å². The van der Waals surface area contributed by atoms with Crippen LogP contribution in [0.4, 0.5) is 0 Å². The molecule has 0 spiro atoms. The average molecular weight is 530 g/mol. The number of fused-ring (bicyclic) bond motifs is 3. The normalized spacial score (nSPS) is 13.1. The molecule has 9 heteroatoms. The molecule has 3 aromatic rings. The van der Waals surface area contributed by atoms with Gasteiger partial charge < -0.3 is 4.74 Å². The van der Waals surface area contributed by atoms with Crippen LogP contribution in [-0.4, -0.2) is 44.8 Å². The summed E-state index contributed by atoms with van der Waals surface area (Å²) >= 11 is 7.31. The van der Waals surface area contributed by atoms with Gasteiger partial charge in [0.15, 0.2) is 12.4 Å². The van der Waals surface area contributed by atoms with Gasteiger partial charge in [-0.2, -0.15) is 16.5 Å². The Bertz CT molecular complexity index is 1360. The quantitative estimate of drug-likeness (QED) is 0.236. The van der Waals surface area contributed by atoms with Crippen LogP contribution in [0, 0.1) is 0 Å². The average Bonchev–Trinajstić information content (AvgIpc) is 3.23. The number of rotatable bonds is 10. The number of ether oxygens (including phenoxy) is 1. The Morgan fingerprint density at radius 3 is 2.49 bits per heavy atom. The number of halogens is 1. The van der Waals surface area contributed by atoms with Crippen molar-refractivity contribution in [2.45, 2.75) is 23.8 Å². The first-order chi connectivity index (χ1) is 16.8. The molecule has 1 atom stereocenters. The lowest BCUT2D eigenvalue weighted by molar-refractivity contribution is -0.144. The molecule has 0 saturated heterocycles. The zero-order valence-electron chi connectivity index (χ0n) is 19.0. The van der Waals surface area contributed by atoms with Crippen LogP contribution in [-0.2, 0) is 26.0 Å². The van der Waals surface area contributed by atoms with Gasteiger partial charge in [-0.05, 0) is 77.4 Å². The number of nitrogens with one attached hydrogen (secondary N) is 1.